The molecule has 1 fully saturated rings. The highest BCUT2D eigenvalue weighted by Crippen LogP contribution is 2.38. The Morgan fingerprint density at radius 1 is 1.50 bits per heavy atom. The molecule has 5 heteroatoms. The van der Waals surface area contributed by atoms with Crippen LogP contribution in [0.4, 0.5) is 11.4 Å². The lowest BCUT2D eigenvalue weighted by molar-refractivity contribution is -0.384. The first kappa shape index (κ1) is 13.1. The van der Waals surface area contributed by atoms with Gasteiger partial charge < -0.3 is 4.90 Å². The Morgan fingerprint density at radius 2 is 2.28 bits per heavy atom. The van der Waals surface area contributed by atoms with Crippen molar-refractivity contribution in [3.63, 3.8) is 0 Å². The number of piperidine rings is 1. The molecule has 1 saturated heterocycles. The molecule has 0 N–H and O–H groups in total. The van der Waals surface area contributed by atoms with E-state index in [1.54, 1.807) is 18.2 Å². The normalized spacial score (nSPS) is 19.9. The third kappa shape index (κ3) is 2.43. The van der Waals surface area contributed by atoms with Crippen LogP contribution in [0.15, 0.2) is 18.2 Å². The molecule has 0 radical (unpaired) electrons. The van der Waals surface area contributed by atoms with E-state index in [0.717, 1.165) is 25.8 Å². The number of benzene rings is 1. The van der Waals surface area contributed by atoms with E-state index in [1.807, 2.05) is 0 Å². The summed E-state index contributed by atoms with van der Waals surface area (Å²) in [5, 5.41) is 11.4. The van der Waals surface area contributed by atoms with Gasteiger partial charge >= 0.3 is 5.69 Å². The number of nitro benzene ring substituents is 1. The lowest BCUT2D eigenvalue weighted by Gasteiger charge is -2.36. The molecule has 0 saturated carbocycles. The van der Waals surface area contributed by atoms with Crippen LogP contribution in [0.5, 0.6) is 0 Å². The van der Waals surface area contributed by atoms with Crippen molar-refractivity contribution in [1.29, 1.82) is 0 Å². The Hall–Kier alpha value is -1.29. The molecule has 0 bridgehead atoms. The number of nitrogens with zero attached hydrogens (tertiary/aromatic N) is 2. The second-order valence-corrected chi connectivity index (χ2v) is 5.02. The maximum Gasteiger partial charge on any atom is 0.310 e. The van der Waals surface area contributed by atoms with Gasteiger partial charge in [-0.05, 0) is 37.8 Å². The van der Waals surface area contributed by atoms with Gasteiger partial charge in [0.05, 0.1) is 4.92 Å². The zero-order valence-corrected chi connectivity index (χ0v) is 11.2. The largest absolute Gasteiger partial charge is 0.363 e. The molecular weight excluding hydrogens is 252 g/mol. The van der Waals surface area contributed by atoms with Gasteiger partial charge in [0.2, 0.25) is 0 Å². The molecule has 0 spiro atoms. The van der Waals surface area contributed by atoms with E-state index >= 15 is 0 Å². The lowest BCUT2D eigenvalue weighted by atomic mass is 9.99. The van der Waals surface area contributed by atoms with Gasteiger partial charge in [0.1, 0.15) is 10.7 Å². The predicted molar refractivity (Wildman–Crippen MR) is 73.4 cm³/mol. The van der Waals surface area contributed by atoms with Crippen LogP contribution in [0, 0.1) is 10.1 Å². The van der Waals surface area contributed by atoms with Crippen LogP contribution in [0.3, 0.4) is 0 Å². The van der Waals surface area contributed by atoms with E-state index in [2.05, 4.69) is 11.8 Å². The van der Waals surface area contributed by atoms with E-state index in [9.17, 15) is 10.1 Å². The Balaban J connectivity index is 2.42. The molecule has 1 aliphatic rings. The molecule has 1 unspecified atom stereocenters. The Labute approximate surface area is 112 Å². The van der Waals surface area contributed by atoms with Crippen LogP contribution < -0.4 is 4.90 Å². The molecule has 0 aromatic heterocycles. The summed E-state index contributed by atoms with van der Waals surface area (Å²) >= 11 is 5.97. The first-order chi connectivity index (χ1) is 8.65. The Morgan fingerprint density at radius 3 is 2.94 bits per heavy atom. The summed E-state index contributed by atoms with van der Waals surface area (Å²) in [7, 11) is 0. The highest BCUT2D eigenvalue weighted by molar-refractivity contribution is 6.33. The van der Waals surface area contributed by atoms with Crippen molar-refractivity contribution in [2.45, 2.75) is 38.6 Å². The highest BCUT2D eigenvalue weighted by Gasteiger charge is 2.28. The van der Waals surface area contributed by atoms with Crippen LogP contribution in [0.1, 0.15) is 32.6 Å². The third-order valence-electron chi connectivity index (χ3n) is 3.56. The molecule has 0 aliphatic carbocycles. The van der Waals surface area contributed by atoms with Gasteiger partial charge in [-0.1, -0.05) is 24.6 Å². The maximum atomic E-state index is 11.2. The van der Waals surface area contributed by atoms with Crippen molar-refractivity contribution >= 4 is 23.0 Å². The summed E-state index contributed by atoms with van der Waals surface area (Å²) in [5.41, 5.74) is 0.707. The van der Waals surface area contributed by atoms with Gasteiger partial charge in [0.25, 0.3) is 0 Å². The SMILES string of the molecule is CCC1CCCCN1c1cccc(Cl)c1[N+](=O)[O-]. The minimum absolute atomic E-state index is 0.0412. The van der Waals surface area contributed by atoms with E-state index in [-0.39, 0.29) is 15.6 Å². The first-order valence-corrected chi connectivity index (χ1v) is 6.72. The second kappa shape index (κ2) is 5.57. The van der Waals surface area contributed by atoms with Crippen molar-refractivity contribution in [3.8, 4) is 0 Å². The van der Waals surface area contributed by atoms with E-state index < -0.39 is 0 Å². The summed E-state index contributed by atoms with van der Waals surface area (Å²) in [4.78, 5) is 12.9. The highest BCUT2D eigenvalue weighted by atomic mass is 35.5. The predicted octanol–water partition coefficient (Wildman–Crippen LogP) is 4.02. The molecule has 98 valence electrons. The van der Waals surface area contributed by atoms with E-state index in [4.69, 9.17) is 11.6 Å². The van der Waals surface area contributed by atoms with Gasteiger partial charge in [-0.15, -0.1) is 0 Å². The number of para-hydroxylation sites is 1. The smallest absolute Gasteiger partial charge is 0.310 e. The molecule has 0 amide bonds. The van der Waals surface area contributed by atoms with Crippen molar-refractivity contribution in [3.05, 3.63) is 33.3 Å². The Bertz CT molecular complexity index is 451. The second-order valence-electron chi connectivity index (χ2n) is 4.62. The van der Waals surface area contributed by atoms with Gasteiger partial charge in [-0.2, -0.15) is 0 Å². The molecular formula is C13H17ClN2O2. The fraction of sp³-hybridized carbons (Fsp3) is 0.538. The topological polar surface area (TPSA) is 46.4 Å². The molecule has 4 nitrogen and oxygen atoms in total. The summed E-state index contributed by atoms with van der Waals surface area (Å²) in [5.74, 6) is 0. The summed E-state index contributed by atoms with van der Waals surface area (Å²) in [6, 6.07) is 5.55. The van der Waals surface area contributed by atoms with Crippen LogP contribution in [0.25, 0.3) is 0 Å². The molecule has 1 atom stereocenters. The molecule has 2 rings (SSSR count). The Kier molecular flexibility index (Phi) is 4.07. The number of anilines is 1. The van der Waals surface area contributed by atoms with E-state index in [1.165, 1.54) is 6.42 Å². The number of hydrogen-bond donors (Lipinski definition) is 0. The third-order valence-corrected chi connectivity index (χ3v) is 3.86. The summed E-state index contributed by atoms with van der Waals surface area (Å²) in [6.07, 6.45) is 4.38. The zero-order chi connectivity index (χ0) is 13.1. The number of hydrogen-bond acceptors (Lipinski definition) is 3. The molecule has 1 aliphatic heterocycles. The van der Waals surface area contributed by atoms with Gasteiger partial charge in [0, 0.05) is 12.6 Å². The summed E-state index contributed by atoms with van der Waals surface area (Å²) in [6.45, 7) is 3.00. The van der Waals surface area contributed by atoms with Crippen molar-refractivity contribution in [2.24, 2.45) is 0 Å². The van der Waals surface area contributed by atoms with Gasteiger partial charge in [0.15, 0.2) is 0 Å². The van der Waals surface area contributed by atoms with Crippen molar-refractivity contribution in [2.75, 3.05) is 11.4 Å². The fourth-order valence-electron chi connectivity index (χ4n) is 2.66. The fourth-order valence-corrected chi connectivity index (χ4v) is 2.90. The molecule has 1 heterocycles. The number of nitro groups is 1. The quantitative estimate of drug-likeness (QED) is 0.614. The summed E-state index contributed by atoms with van der Waals surface area (Å²) < 4.78 is 0. The first-order valence-electron chi connectivity index (χ1n) is 6.34. The number of halogens is 1. The molecule has 1 aromatic rings. The van der Waals surface area contributed by atoms with E-state index in [0.29, 0.717) is 11.7 Å². The lowest BCUT2D eigenvalue weighted by Crippen LogP contribution is -2.39. The van der Waals surface area contributed by atoms with Crippen molar-refractivity contribution in [1.82, 2.24) is 0 Å². The molecule has 1 aromatic carbocycles. The standard InChI is InChI=1S/C13H17ClN2O2/c1-2-10-6-3-4-9-15(10)12-8-5-7-11(14)13(12)16(17)18/h5,7-8,10H,2-4,6,9H2,1H3. The number of rotatable bonds is 3. The maximum absolute atomic E-state index is 11.2. The van der Waals surface area contributed by atoms with Crippen LogP contribution >= 0.6 is 11.6 Å². The minimum atomic E-state index is -0.376. The van der Waals surface area contributed by atoms with Crippen LogP contribution in [-0.4, -0.2) is 17.5 Å². The van der Waals surface area contributed by atoms with Gasteiger partial charge in [-0.3, -0.25) is 10.1 Å². The van der Waals surface area contributed by atoms with Crippen LogP contribution in [-0.2, 0) is 0 Å². The van der Waals surface area contributed by atoms with Crippen LogP contribution in [0.2, 0.25) is 5.02 Å². The minimum Gasteiger partial charge on any atom is -0.363 e. The van der Waals surface area contributed by atoms with Gasteiger partial charge in [-0.25, -0.2) is 0 Å². The monoisotopic (exact) mass is 268 g/mol. The average molecular weight is 269 g/mol. The van der Waals surface area contributed by atoms with Crippen molar-refractivity contribution < 1.29 is 4.92 Å². The average Bonchev–Trinajstić information content (AvgIpc) is 2.38. The zero-order valence-electron chi connectivity index (χ0n) is 10.4. The molecule has 18 heavy (non-hydrogen) atoms.